The molecule has 0 amide bonds. The van der Waals surface area contributed by atoms with Crippen LogP contribution in [0.4, 0.5) is 14.5 Å². The van der Waals surface area contributed by atoms with Crippen molar-refractivity contribution in [1.29, 1.82) is 0 Å². The number of aromatic hydroxyl groups is 1. The van der Waals surface area contributed by atoms with Gasteiger partial charge in [0.15, 0.2) is 11.6 Å². The third-order valence-electron chi connectivity index (χ3n) is 2.67. The predicted octanol–water partition coefficient (Wildman–Crippen LogP) is 3.75. The lowest BCUT2D eigenvalue weighted by atomic mass is 10.0. The number of phenols is 1. The Morgan fingerprint density at radius 1 is 1.11 bits per heavy atom. The molecule has 0 fully saturated rings. The molecule has 5 heteroatoms. The van der Waals surface area contributed by atoms with Gasteiger partial charge in [-0.25, -0.2) is 8.78 Å². The Morgan fingerprint density at radius 2 is 1.68 bits per heavy atom. The van der Waals surface area contributed by atoms with Gasteiger partial charge < -0.3 is 15.6 Å². The van der Waals surface area contributed by atoms with Gasteiger partial charge in [0.25, 0.3) is 0 Å². The number of ether oxygens (including phenoxy) is 1. The van der Waals surface area contributed by atoms with Gasteiger partial charge in [-0.2, -0.15) is 0 Å². The number of aryl methyl sites for hydroxylation is 1. The SMILES string of the molecule is CC.COc1c(F)cc(F)c2c(O)c(N)cc(C)c12. The molecule has 104 valence electrons. The van der Waals surface area contributed by atoms with Crippen LogP contribution in [-0.2, 0) is 0 Å². The quantitative estimate of drug-likeness (QED) is 0.612. The Kier molecular flexibility index (Phi) is 4.53. The molecule has 0 saturated heterocycles. The van der Waals surface area contributed by atoms with E-state index in [-0.39, 0.29) is 22.2 Å². The Hall–Kier alpha value is -2.04. The minimum absolute atomic E-state index is 0.0440. The lowest BCUT2D eigenvalue weighted by molar-refractivity contribution is 0.389. The Labute approximate surface area is 110 Å². The highest BCUT2D eigenvalue weighted by Gasteiger charge is 2.19. The van der Waals surface area contributed by atoms with E-state index in [1.54, 1.807) is 6.92 Å². The lowest BCUT2D eigenvalue weighted by Gasteiger charge is -2.13. The number of nitrogen functional groups attached to an aromatic ring is 1. The first-order chi connectivity index (χ1) is 8.97. The van der Waals surface area contributed by atoms with Gasteiger partial charge in [-0.05, 0) is 18.6 Å². The van der Waals surface area contributed by atoms with E-state index in [1.807, 2.05) is 13.8 Å². The Morgan fingerprint density at radius 3 is 2.21 bits per heavy atom. The van der Waals surface area contributed by atoms with Crippen LogP contribution in [-0.4, -0.2) is 12.2 Å². The summed E-state index contributed by atoms with van der Waals surface area (Å²) in [5.74, 6) is -2.19. The molecular formula is C14H17F2NO2. The standard InChI is InChI=1S/C12H11F2NO2.C2H6/c1-5-3-8(15)11(16)10-6(13)4-7(14)12(17-2)9(5)10;1-2/h3-4,16H,15H2,1-2H3;1-2H3. The van der Waals surface area contributed by atoms with Gasteiger partial charge in [-0.3, -0.25) is 0 Å². The van der Waals surface area contributed by atoms with Crippen molar-refractivity contribution in [2.75, 3.05) is 12.8 Å². The van der Waals surface area contributed by atoms with Crippen molar-refractivity contribution >= 4 is 16.5 Å². The summed E-state index contributed by atoms with van der Waals surface area (Å²) in [6.07, 6.45) is 0. The number of fused-ring (bicyclic) bond motifs is 1. The van der Waals surface area contributed by atoms with E-state index in [1.165, 1.54) is 13.2 Å². The molecule has 0 heterocycles. The summed E-state index contributed by atoms with van der Waals surface area (Å²) < 4.78 is 32.1. The summed E-state index contributed by atoms with van der Waals surface area (Å²) in [7, 11) is 1.28. The smallest absolute Gasteiger partial charge is 0.168 e. The maximum atomic E-state index is 13.7. The van der Waals surface area contributed by atoms with E-state index in [2.05, 4.69) is 0 Å². The number of phenolic OH excluding ortho intramolecular Hbond substituents is 1. The van der Waals surface area contributed by atoms with Crippen LogP contribution < -0.4 is 10.5 Å². The molecule has 3 nitrogen and oxygen atoms in total. The molecule has 3 N–H and O–H groups in total. The number of halogens is 2. The molecule has 2 rings (SSSR count). The number of hydrogen-bond donors (Lipinski definition) is 2. The highest BCUT2D eigenvalue weighted by atomic mass is 19.1. The van der Waals surface area contributed by atoms with Crippen LogP contribution in [0.3, 0.4) is 0 Å². The molecular weight excluding hydrogens is 252 g/mol. The molecule has 0 atom stereocenters. The molecule has 2 aromatic rings. The van der Waals surface area contributed by atoms with E-state index < -0.39 is 17.4 Å². The molecule has 0 radical (unpaired) electrons. The summed E-state index contributed by atoms with van der Waals surface area (Å²) in [6.45, 7) is 5.64. The van der Waals surface area contributed by atoms with E-state index in [9.17, 15) is 13.9 Å². The number of methoxy groups -OCH3 is 1. The molecule has 0 unspecified atom stereocenters. The fourth-order valence-corrected chi connectivity index (χ4v) is 1.93. The molecule has 0 saturated carbocycles. The average Bonchev–Trinajstić information content (AvgIpc) is 2.38. The van der Waals surface area contributed by atoms with Crippen LogP contribution in [0.5, 0.6) is 11.5 Å². The monoisotopic (exact) mass is 269 g/mol. The summed E-state index contributed by atoms with van der Waals surface area (Å²) in [5, 5.41) is 9.80. The number of benzene rings is 2. The topological polar surface area (TPSA) is 55.5 Å². The first-order valence-corrected chi connectivity index (χ1v) is 5.91. The average molecular weight is 269 g/mol. The molecule has 0 aliphatic carbocycles. The molecule has 19 heavy (non-hydrogen) atoms. The van der Waals surface area contributed by atoms with Crippen molar-refractivity contribution in [3.63, 3.8) is 0 Å². The van der Waals surface area contributed by atoms with E-state index in [0.29, 0.717) is 11.6 Å². The highest BCUT2D eigenvalue weighted by molar-refractivity contribution is 5.99. The lowest BCUT2D eigenvalue weighted by Crippen LogP contribution is -1.97. The van der Waals surface area contributed by atoms with Gasteiger partial charge in [0.1, 0.15) is 11.6 Å². The fourth-order valence-electron chi connectivity index (χ4n) is 1.93. The molecule has 2 aromatic carbocycles. The fraction of sp³-hybridized carbons (Fsp3) is 0.286. The van der Waals surface area contributed by atoms with Gasteiger partial charge in [-0.1, -0.05) is 13.8 Å². The van der Waals surface area contributed by atoms with Gasteiger partial charge in [-0.15, -0.1) is 0 Å². The summed E-state index contributed by atoms with van der Waals surface area (Å²) in [4.78, 5) is 0. The van der Waals surface area contributed by atoms with Crippen molar-refractivity contribution in [2.45, 2.75) is 20.8 Å². The zero-order valence-corrected chi connectivity index (χ0v) is 11.3. The van der Waals surface area contributed by atoms with Crippen molar-refractivity contribution in [3.8, 4) is 11.5 Å². The van der Waals surface area contributed by atoms with E-state index >= 15 is 0 Å². The predicted molar refractivity (Wildman–Crippen MR) is 72.6 cm³/mol. The number of hydrogen-bond acceptors (Lipinski definition) is 3. The van der Waals surface area contributed by atoms with Crippen molar-refractivity contribution < 1.29 is 18.6 Å². The molecule has 0 aliphatic heterocycles. The first-order valence-electron chi connectivity index (χ1n) is 5.91. The normalized spacial score (nSPS) is 10.0. The zero-order chi connectivity index (χ0) is 14.7. The molecule has 0 aliphatic rings. The Bertz CT molecular complexity index is 612. The van der Waals surface area contributed by atoms with Crippen LogP contribution in [0, 0.1) is 18.6 Å². The van der Waals surface area contributed by atoms with Crippen LogP contribution in [0.2, 0.25) is 0 Å². The van der Waals surface area contributed by atoms with Crippen LogP contribution in [0.15, 0.2) is 12.1 Å². The van der Waals surface area contributed by atoms with Crippen LogP contribution in [0.1, 0.15) is 19.4 Å². The largest absolute Gasteiger partial charge is 0.505 e. The summed E-state index contributed by atoms with van der Waals surface area (Å²) in [5.41, 5.74) is 6.11. The zero-order valence-electron chi connectivity index (χ0n) is 11.3. The maximum Gasteiger partial charge on any atom is 0.168 e. The third kappa shape index (κ3) is 2.41. The van der Waals surface area contributed by atoms with E-state index in [4.69, 9.17) is 10.5 Å². The molecule has 0 spiro atoms. The summed E-state index contributed by atoms with van der Waals surface area (Å²) >= 11 is 0. The Balaban J connectivity index is 0.000000861. The van der Waals surface area contributed by atoms with E-state index in [0.717, 1.165) is 0 Å². The first kappa shape index (κ1) is 15.0. The highest BCUT2D eigenvalue weighted by Crippen LogP contribution is 2.41. The second-order valence-electron chi connectivity index (χ2n) is 3.75. The minimum Gasteiger partial charge on any atom is -0.505 e. The molecule has 0 bridgehead atoms. The third-order valence-corrected chi connectivity index (χ3v) is 2.67. The van der Waals surface area contributed by atoms with Crippen LogP contribution in [0.25, 0.3) is 10.8 Å². The van der Waals surface area contributed by atoms with Crippen molar-refractivity contribution in [1.82, 2.24) is 0 Å². The summed E-state index contributed by atoms with van der Waals surface area (Å²) in [6, 6.07) is 2.11. The second-order valence-corrected chi connectivity index (χ2v) is 3.75. The number of rotatable bonds is 1. The van der Waals surface area contributed by atoms with Gasteiger partial charge in [0.05, 0.1) is 18.2 Å². The number of anilines is 1. The molecule has 0 aromatic heterocycles. The van der Waals surface area contributed by atoms with Crippen molar-refractivity contribution in [3.05, 3.63) is 29.3 Å². The second kappa shape index (κ2) is 5.73. The van der Waals surface area contributed by atoms with Crippen molar-refractivity contribution in [2.24, 2.45) is 0 Å². The van der Waals surface area contributed by atoms with Gasteiger partial charge >= 0.3 is 0 Å². The minimum atomic E-state index is -0.869. The van der Waals surface area contributed by atoms with Gasteiger partial charge in [0.2, 0.25) is 0 Å². The van der Waals surface area contributed by atoms with Crippen LogP contribution >= 0.6 is 0 Å². The van der Waals surface area contributed by atoms with Gasteiger partial charge in [0, 0.05) is 11.5 Å². The maximum absolute atomic E-state index is 13.7. The number of nitrogens with two attached hydrogens (primary N) is 1.